The lowest BCUT2D eigenvalue weighted by Crippen LogP contribution is -2.44. The van der Waals surface area contributed by atoms with Crippen LogP contribution in [0.2, 0.25) is 19.6 Å². The van der Waals surface area contributed by atoms with Crippen LogP contribution in [0.15, 0.2) is 46.6 Å². The van der Waals surface area contributed by atoms with Gasteiger partial charge in [-0.25, -0.2) is 0 Å². The fraction of sp³-hybridized carbons (Fsp3) is 0.625. The maximum Gasteiger partial charge on any atom is 0.186 e. The average Bonchev–Trinajstić information content (AvgIpc) is 2.52. The van der Waals surface area contributed by atoms with E-state index in [-0.39, 0.29) is 5.92 Å². The largest absolute Gasteiger partial charge is 0.396 e. The highest BCUT2D eigenvalue weighted by molar-refractivity contribution is 6.69. The van der Waals surface area contributed by atoms with Crippen molar-refractivity contribution >= 4 is 8.32 Å². The van der Waals surface area contributed by atoms with Gasteiger partial charge in [0.25, 0.3) is 0 Å². The predicted molar refractivity (Wildman–Crippen MR) is 120 cm³/mol. The number of nitrogens with zero attached hydrogens (tertiary/aromatic N) is 1. The van der Waals surface area contributed by atoms with E-state index in [1.165, 1.54) is 16.7 Å². The first-order chi connectivity index (χ1) is 12.5. The molecule has 0 spiro atoms. The lowest BCUT2D eigenvalue weighted by molar-refractivity contribution is 0.147. The third kappa shape index (κ3) is 8.03. The summed E-state index contributed by atoms with van der Waals surface area (Å²) in [5.41, 5.74) is 4.27. The van der Waals surface area contributed by atoms with E-state index in [0.29, 0.717) is 6.42 Å². The van der Waals surface area contributed by atoms with Crippen molar-refractivity contribution < 1.29 is 4.43 Å². The summed E-state index contributed by atoms with van der Waals surface area (Å²) in [7, 11) is -1.91. The summed E-state index contributed by atoms with van der Waals surface area (Å²) in [6, 6.07) is 2.60. The minimum absolute atomic E-state index is 0.257. The van der Waals surface area contributed by atoms with Gasteiger partial charge in [0.1, 0.15) is 6.07 Å². The summed E-state index contributed by atoms with van der Waals surface area (Å²) in [4.78, 5) is 0. The highest BCUT2D eigenvalue weighted by atomic mass is 28.4. The topological polar surface area (TPSA) is 33.0 Å². The lowest BCUT2D eigenvalue weighted by Gasteiger charge is -2.37. The van der Waals surface area contributed by atoms with Gasteiger partial charge in [-0.2, -0.15) is 5.26 Å². The SMILES string of the molecule is CC1=CC=C(C(C)C)C(C#N)(O[Si](C)(C)C)CC(C)=CCCC(C)=CCC1. The molecule has 0 saturated heterocycles. The number of rotatable bonds is 3. The van der Waals surface area contributed by atoms with Crippen molar-refractivity contribution in [1.29, 1.82) is 5.26 Å². The summed E-state index contributed by atoms with van der Waals surface area (Å²) >= 11 is 0. The Kier molecular flexibility index (Phi) is 8.98. The van der Waals surface area contributed by atoms with E-state index >= 15 is 0 Å². The van der Waals surface area contributed by atoms with Gasteiger partial charge in [-0.15, -0.1) is 0 Å². The Morgan fingerprint density at radius 1 is 0.963 bits per heavy atom. The highest BCUT2D eigenvalue weighted by Crippen LogP contribution is 2.36. The van der Waals surface area contributed by atoms with Crippen molar-refractivity contribution in [2.45, 2.75) is 92.0 Å². The van der Waals surface area contributed by atoms with E-state index in [9.17, 15) is 5.26 Å². The molecular weight excluding hydrogens is 346 g/mol. The van der Waals surface area contributed by atoms with E-state index in [1.54, 1.807) is 0 Å². The number of allylic oxidation sites excluding steroid dienone is 6. The molecule has 3 heteroatoms. The van der Waals surface area contributed by atoms with Crippen molar-refractivity contribution in [3.05, 3.63) is 46.6 Å². The molecule has 27 heavy (non-hydrogen) atoms. The van der Waals surface area contributed by atoms with Crippen LogP contribution in [0, 0.1) is 17.2 Å². The molecule has 0 saturated carbocycles. The third-order valence-electron chi connectivity index (χ3n) is 4.89. The quantitative estimate of drug-likeness (QED) is 0.372. The van der Waals surface area contributed by atoms with Crippen LogP contribution in [0.5, 0.6) is 0 Å². The van der Waals surface area contributed by atoms with Gasteiger partial charge >= 0.3 is 0 Å². The Morgan fingerprint density at radius 3 is 2.04 bits per heavy atom. The van der Waals surface area contributed by atoms with Crippen molar-refractivity contribution in [2.75, 3.05) is 0 Å². The third-order valence-corrected chi connectivity index (χ3v) is 5.85. The molecule has 0 bridgehead atoms. The highest BCUT2D eigenvalue weighted by Gasteiger charge is 2.40. The molecule has 0 aromatic rings. The molecule has 1 atom stereocenters. The summed E-state index contributed by atoms with van der Waals surface area (Å²) in [6.45, 7) is 17.4. The van der Waals surface area contributed by atoms with Crippen molar-refractivity contribution in [3.63, 3.8) is 0 Å². The summed E-state index contributed by atoms with van der Waals surface area (Å²) in [5, 5.41) is 10.3. The van der Waals surface area contributed by atoms with Gasteiger partial charge in [-0.05, 0) is 77.6 Å². The molecule has 1 rings (SSSR count). The van der Waals surface area contributed by atoms with Crippen LogP contribution >= 0.6 is 0 Å². The first kappa shape index (κ1) is 23.7. The molecule has 2 nitrogen and oxygen atoms in total. The van der Waals surface area contributed by atoms with Crippen molar-refractivity contribution in [1.82, 2.24) is 0 Å². The van der Waals surface area contributed by atoms with Crippen LogP contribution in [0.4, 0.5) is 0 Å². The fourth-order valence-corrected chi connectivity index (χ4v) is 4.90. The van der Waals surface area contributed by atoms with Gasteiger partial charge in [0.2, 0.25) is 0 Å². The summed E-state index contributed by atoms with van der Waals surface area (Å²) < 4.78 is 6.60. The van der Waals surface area contributed by atoms with Gasteiger partial charge in [-0.3, -0.25) is 0 Å². The van der Waals surface area contributed by atoms with Crippen LogP contribution in [0.25, 0.3) is 0 Å². The molecule has 0 N–H and O–H groups in total. The Bertz CT molecular complexity index is 667. The minimum Gasteiger partial charge on any atom is -0.396 e. The molecule has 0 aromatic heterocycles. The second kappa shape index (κ2) is 10.2. The van der Waals surface area contributed by atoms with Gasteiger partial charge in [0.15, 0.2) is 13.9 Å². The number of nitriles is 1. The van der Waals surface area contributed by atoms with Crippen LogP contribution in [0.1, 0.15) is 66.7 Å². The van der Waals surface area contributed by atoms with Crippen molar-refractivity contribution in [3.8, 4) is 6.07 Å². The lowest BCUT2D eigenvalue weighted by atomic mass is 9.81. The molecular formula is C24H39NOSi. The first-order valence-electron chi connectivity index (χ1n) is 10.3. The number of hydrogen-bond donors (Lipinski definition) is 0. The summed E-state index contributed by atoms with van der Waals surface area (Å²) in [5.74, 6) is 0.257. The molecule has 1 aliphatic carbocycles. The minimum atomic E-state index is -1.91. The monoisotopic (exact) mass is 385 g/mol. The predicted octanol–water partition coefficient (Wildman–Crippen LogP) is 7.49. The zero-order chi connectivity index (χ0) is 20.7. The molecule has 0 aromatic carbocycles. The van der Waals surface area contributed by atoms with Gasteiger partial charge in [0, 0.05) is 6.42 Å². The molecule has 1 unspecified atom stereocenters. The van der Waals surface area contributed by atoms with E-state index in [0.717, 1.165) is 31.3 Å². The van der Waals surface area contributed by atoms with Crippen molar-refractivity contribution in [2.24, 2.45) is 5.92 Å². The Balaban J connectivity index is 3.51. The Hall–Kier alpha value is -1.37. The number of hydrogen-bond acceptors (Lipinski definition) is 2. The van der Waals surface area contributed by atoms with E-state index < -0.39 is 13.9 Å². The van der Waals surface area contributed by atoms with Gasteiger partial charge in [0.05, 0.1) is 0 Å². The standard InChI is InChI=1S/C24H39NOSi/c1-19(2)23-16-15-21(4)13-9-11-20(3)12-10-14-22(5)17-24(23,18-25)26-27(6,7)8/h11,14-16,19H,9-10,12-13,17H2,1-8H3. The van der Waals surface area contributed by atoms with Crippen LogP contribution in [-0.4, -0.2) is 13.9 Å². The van der Waals surface area contributed by atoms with Crippen LogP contribution in [-0.2, 0) is 4.43 Å². The molecule has 1 aliphatic rings. The smallest absolute Gasteiger partial charge is 0.186 e. The zero-order valence-corrected chi connectivity index (χ0v) is 19.8. The summed E-state index contributed by atoms with van der Waals surface area (Å²) in [6.07, 6.45) is 13.9. The van der Waals surface area contributed by atoms with E-state index in [2.05, 4.69) is 84.6 Å². The van der Waals surface area contributed by atoms with Crippen LogP contribution < -0.4 is 0 Å². The molecule has 0 heterocycles. The maximum atomic E-state index is 10.3. The molecule has 0 fully saturated rings. The Morgan fingerprint density at radius 2 is 1.52 bits per heavy atom. The zero-order valence-electron chi connectivity index (χ0n) is 18.8. The normalized spacial score (nSPS) is 23.6. The van der Waals surface area contributed by atoms with Gasteiger partial charge in [-0.1, -0.05) is 54.9 Å². The molecule has 0 radical (unpaired) electrons. The van der Waals surface area contributed by atoms with E-state index in [1.807, 2.05) is 0 Å². The van der Waals surface area contributed by atoms with Gasteiger partial charge < -0.3 is 4.43 Å². The second-order valence-electron chi connectivity index (χ2n) is 9.30. The maximum absolute atomic E-state index is 10.3. The Labute approximate surface area is 168 Å². The van der Waals surface area contributed by atoms with E-state index in [4.69, 9.17) is 4.43 Å². The first-order valence-corrected chi connectivity index (χ1v) is 13.7. The second-order valence-corrected chi connectivity index (χ2v) is 13.7. The molecule has 0 aliphatic heterocycles. The fourth-order valence-electron chi connectivity index (χ4n) is 3.61. The van der Waals surface area contributed by atoms with Crippen LogP contribution in [0.3, 0.4) is 0 Å². The molecule has 0 amide bonds. The molecule has 150 valence electrons. The average molecular weight is 386 g/mol.